The van der Waals surface area contributed by atoms with E-state index in [1.165, 1.54) is 29.0 Å². The van der Waals surface area contributed by atoms with Crippen molar-refractivity contribution in [1.29, 1.82) is 0 Å². The van der Waals surface area contributed by atoms with Gasteiger partial charge in [0.15, 0.2) is 0 Å². The lowest BCUT2D eigenvalue weighted by Crippen LogP contribution is -2.15. The first-order valence-corrected chi connectivity index (χ1v) is 8.18. The molecule has 0 saturated heterocycles. The molecule has 1 aromatic carbocycles. The summed E-state index contributed by atoms with van der Waals surface area (Å²) in [7, 11) is -3.84. The molecule has 0 aliphatic rings. The number of nitrogens with one attached hydrogen (secondary N) is 1. The Morgan fingerprint density at radius 2 is 2.15 bits per heavy atom. The Labute approximate surface area is 124 Å². The number of anilines is 1. The van der Waals surface area contributed by atoms with Crippen molar-refractivity contribution in [1.82, 2.24) is 4.98 Å². The number of carbonyl (C=O) groups excluding carboxylic acids is 1. The number of nitrogens with zero attached hydrogens (tertiary/aromatic N) is 1. The summed E-state index contributed by atoms with van der Waals surface area (Å²) in [6, 6.07) is 2.54. The zero-order chi connectivity index (χ0) is 14.9. The summed E-state index contributed by atoms with van der Waals surface area (Å²) in [6.45, 7) is 1.62. The minimum Gasteiger partial charge on any atom is -0.319 e. The Bertz CT molecular complexity index is 734. The normalized spacial score (nSPS) is 11.3. The molecule has 1 heterocycles. The molecule has 0 spiro atoms. The summed E-state index contributed by atoms with van der Waals surface area (Å²) in [5, 5.41) is 9.33. The number of carbonyl (C=O) groups is 1. The second-order valence-corrected chi connectivity index (χ2v) is 6.66. The van der Waals surface area contributed by atoms with Crippen LogP contribution in [0, 0.1) is 6.92 Å². The van der Waals surface area contributed by atoms with E-state index in [9.17, 15) is 13.2 Å². The molecule has 0 aliphatic heterocycles. The first-order chi connectivity index (χ1) is 9.29. The van der Waals surface area contributed by atoms with Crippen molar-refractivity contribution in [2.24, 2.45) is 5.14 Å². The van der Waals surface area contributed by atoms with E-state index in [4.69, 9.17) is 16.7 Å². The molecular formula is C11H10ClN3O3S2. The Morgan fingerprint density at radius 3 is 2.65 bits per heavy atom. The molecule has 3 N–H and O–H groups in total. The van der Waals surface area contributed by atoms with Crippen molar-refractivity contribution in [3.63, 3.8) is 0 Å². The van der Waals surface area contributed by atoms with Crippen LogP contribution in [0.4, 0.5) is 5.69 Å². The number of aromatic nitrogens is 1. The topological polar surface area (TPSA) is 102 Å². The van der Waals surface area contributed by atoms with E-state index in [0.717, 1.165) is 0 Å². The Kier molecular flexibility index (Phi) is 4.09. The second kappa shape index (κ2) is 5.49. The number of halogens is 1. The van der Waals surface area contributed by atoms with E-state index in [-0.39, 0.29) is 15.6 Å². The molecule has 106 valence electrons. The molecule has 2 rings (SSSR count). The van der Waals surface area contributed by atoms with Crippen LogP contribution in [0.15, 0.2) is 27.9 Å². The predicted molar refractivity (Wildman–Crippen MR) is 77.6 cm³/mol. The predicted octanol–water partition coefficient (Wildman–Crippen LogP) is 2.00. The summed E-state index contributed by atoms with van der Waals surface area (Å²) in [6.07, 6.45) is 0. The number of rotatable bonds is 3. The van der Waals surface area contributed by atoms with Crippen LogP contribution in [0.25, 0.3) is 0 Å². The van der Waals surface area contributed by atoms with Crippen LogP contribution in [0.5, 0.6) is 0 Å². The Hall–Kier alpha value is -1.48. The van der Waals surface area contributed by atoms with E-state index in [1.807, 2.05) is 0 Å². The number of nitrogens with two attached hydrogens (primary N) is 1. The molecule has 0 radical (unpaired) electrons. The first-order valence-electron chi connectivity index (χ1n) is 5.31. The molecule has 6 nitrogen and oxygen atoms in total. The maximum absolute atomic E-state index is 11.9. The van der Waals surface area contributed by atoms with Gasteiger partial charge in [0.25, 0.3) is 5.91 Å². The minimum absolute atomic E-state index is 0.0950. The smallest absolute Gasteiger partial charge is 0.275 e. The number of hydrogen-bond donors (Lipinski definition) is 2. The number of hydrogen-bond acceptors (Lipinski definition) is 5. The summed E-state index contributed by atoms with van der Waals surface area (Å²) >= 11 is 7.29. The van der Waals surface area contributed by atoms with Gasteiger partial charge in [-0.05, 0) is 24.6 Å². The van der Waals surface area contributed by atoms with E-state index in [2.05, 4.69) is 10.3 Å². The van der Waals surface area contributed by atoms with Gasteiger partial charge in [-0.3, -0.25) is 4.79 Å². The zero-order valence-corrected chi connectivity index (χ0v) is 12.6. The molecule has 0 fully saturated rings. The Morgan fingerprint density at radius 1 is 1.45 bits per heavy atom. The Balaban J connectivity index is 2.37. The third-order valence-corrected chi connectivity index (χ3v) is 4.27. The molecule has 2 aromatic rings. The molecule has 1 aromatic heterocycles. The van der Waals surface area contributed by atoms with Crippen LogP contribution in [-0.4, -0.2) is 19.3 Å². The van der Waals surface area contributed by atoms with Gasteiger partial charge in [0.1, 0.15) is 5.69 Å². The molecule has 0 bridgehead atoms. The summed E-state index contributed by atoms with van der Waals surface area (Å²) in [5.41, 5.74) is 2.62. The van der Waals surface area contributed by atoms with Crippen molar-refractivity contribution in [3.8, 4) is 0 Å². The van der Waals surface area contributed by atoms with Crippen LogP contribution >= 0.6 is 22.9 Å². The van der Waals surface area contributed by atoms with Crippen molar-refractivity contribution in [2.75, 3.05) is 5.32 Å². The second-order valence-electron chi connectivity index (χ2n) is 3.97. The number of sulfonamides is 1. The minimum atomic E-state index is -3.84. The van der Waals surface area contributed by atoms with Crippen LogP contribution in [0.1, 0.15) is 16.1 Å². The van der Waals surface area contributed by atoms with Crippen molar-refractivity contribution in [3.05, 3.63) is 39.3 Å². The third kappa shape index (κ3) is 3.15. The van der Waals surface area contributed by atoms with Gasteiger partial charge >= 0.3 is 0 Å². The first kappa shape index (κ1) is 14.9. The largest absolute Gasteiger partial charge is 0.319 e. The lowest BCUT2D eigenvalue weighted by atomic mass is 10.2. The highest BCUT2D eigenvalue weighted by molar-refractivity contribution is 7.89. The standard InChI is InChI=1S/C11H10ClN3O3S2/c1-6-2-7(20(13,17)18)3-8(12)10(6)15-11(16)9-4-19-5-14-9/h2-5H,1H3,(H,15,16)(H2,13,17,18). The van der Waals surface area contributed by atoms with Gasteiger partial charge in [0.2, 0.25) is 10.0 Å². The number of benzene rings is 1. The lowest BCUT2D eigenvalue weighted by Gasteiger charge is -2.11. The van der Waals surface area contributed by atoms with Crippen LogP contribution < -0.4 is 10.5 Å². The van der Waals surface area contributed by atoms with Crippen LogP contribution in [0.3, 0.4) is 0 Å². The highest BCUT2D eigenvalue weighted by Gasteiger charge is 2.16. The molecule has 9 heteroatoms. The van der Waals surface area contributed by atoms with Gasteiger partial charge in [-0.15, -0.1) is 11.3 Å². The van der Waals surface area contributed by atoms with Crippen LogP contribution in [0.2, 0.25) is 5.02 Å². The molecule has 0 unspecified atom stereocenters. The SMILES string of the molecule is Cc1cc(S(N)(=O)=O)cc(Cl)c1NC(=O)c1cscn1. The van der Waals surface area contributed by atoms with Crippen molar-refractivity contribution < 1.29 is 13.2 Å². The monoisotopic (exact) mass is 331 g/mol. The van der Waals surface area contributed by atoms with Gasteiger partial charge in [-0.2, -0.15) is 0 Å². The van der Waals surface area contributed by atoms with E-state index < -0.39 is 15.9 Å². The maximum atomic E-state index is 11.9. The average molecular weight is 332 g/mol. The van der Waals surface area contributed by atoms with Crippen molar-refractivity contribution >= 4 is 44.6 Å². The molecule has 20 heavy (non-hydrogen) atoms. The number of amides is 1. The zero-order valence-electron chi connectivity index (χ0n) is 10.3. The molecular weight excluding hydrogens is 322 g/mol. The summed E-state index contributed by atoms with van der Waals surface area (Å²) < 4.78 is 22.6. The molecule has 1 amide bonds. The highest BCUT2D eigenvalue weighted by Crippen LogP contribution is 2.29. The van der Waals surface area contributed by atoms with Gasteiger partial charge < -0.3 is 5.32 Å². The highest BCUT2D eigenvalue weighted by atomic mass is 35.5. The van der Waals surface area contributed by atoms with Gasteiger partial charge in [0.05, 0.1) is 21.1 Å². The lowest BCUT2D eigenvalue weighted by molar-refractivity contribution is 0.102. The van der Waals surface area contributed by atoms with E-state index >= 15 is 0 Å². The average Bonchev–Trinajstić information content (AvgIpc) is 2.85. The van der Waals surface area contributed by atoms with Gasteiger partial charge in [0, 0.05) is 5.38 Å². The fraction of sp³-hybridized carbons (Fsp3) is 0.0909. The molecule has 0 atom stereocenters. The number of aryl methyl sites for hydroxylation is 1. The summed E-state index contributed by atoms with van der Waals surface area (Å²) in [4.78, 5) is 15.7. The maximum Gasteiger partial charge on any atom is 0.275 e. The van der Waals surface area contributed by atoms with Crippen LogP contribution in [-0.2, 0) is 10.0 Å². The fourth-order valence-corrected chi connectivity index (χ4v) is 3.07. The van der Waals surface area contributed by atoms with Gasteiger partial charge in [-0.25, -0.2) is 18.5 Å². The fourth-order valence-electron chi connectivity index (χ4n) is 1.54. The number of primary sulfonamides is 1. The quantitative estimate of drug-likeness (QED) is 0.897. The van der Waals surface area contributed by atoms with Gasteiger partial charge in [-0.1, -0.05) is 11.6 Å². The van der Waals surface area contributed by atoms with E-state index in [1.54, 1.807) is 12.3 Å². The van der Waals surface area contributed by atoms with Crippen molar-refractivity contribution in [2.45, 2.75) is 11.8 Å². The molecule has 0 saturated carbocycles. The van der Waals surface area contributed by atoms with E-state index in [0.29, 0.717) is 11.3 Å². The number of thiazole rings is 1. The molecule has 0 aliphatic carbocycles. The third-order valence-electron chi connectivity index (χ3n) is 2.49. The summed E-state index contributed by atoms with van der Waals surface area (Å²) in [5.74, 6) is -0.417.